The molecule has 2 aromatic carbocycles. The summed E-state index contributed by atoms with van der Waals surface area (Å²) in [6, 6.07) is 8.17. The number of hydrogen-bond donors (Lipinski definition) is 2. The van der Waals surface area contributed by atoms with Gasteiger partial charge in [-0.2, -0.15) is 0 Å². The van der Waals surface area contributed by atoms with Crippen LogP contribution >= 0.6 is 0 Å². The topological polar surface area (TPSA) is 67.4 Å². The van der Waals surface area contributed by atoms with Crippen molar-refractivity contribution in [1.29, 1.82) is 0 Å². The van der Waals surface area contributed by atoms with Crippen LogP contribution in [0, 0.1) is 5.82 Å². The van der Waals surface area contributed by atoms with Gasteiger partial charge in [0.2, 0.25) is 0 Å². The zero-order chi connectivity index (χ0) is 18.0. The van der Waals surface area contributed by atoms with Crippen LogP contribution in [0.1, 0.15) is 37.4 Å². The maximum atomic E-state index is 14.2. The fourth-order valence-electron chi connectivity index (χ4n) is 3.03. The molecule has 0 atom stereocenters. The molecule has 0 aromatic heterocycles. The lowest BCUT2D eigenvalue weighted by molar-refractivity contribution is 0.0941. The Morgan fingerprint density at radius 1 is 1.32 bits per heavy atom. The van der Waals surface area contributed by atoms with Gasteiger partial charge in [-0.3, -0.25) is 9.59 Å². The summed E-state index contributed by atoms with van der Waals surface area (Å²) in [6.07, 6.45) is 1.15. The normalized spacial score (nSPS) is 13.0. The van der Waals surface area contributed by atoms with E-state index in [-0.39, 0.29) is 11.5 Å². The Labute approximate surface area is 145 Å². The third-order valence-electron chi connectivity index (χ3n) is 4.33. The molecule has 0 radical (unpaired) electrons. The van der Waals surface area contributed by atoms with Gasteiger partial charge in [0.25, 0.3) is 11.8 Å². The highest BCUT2D eigenvalue weighted by Gasteiger charge is 2.20. The third-order valence-corrected chi connectivity index (χ3v) is 4.33. The number of hydrogen-bond acceptors (Lipinski definition) is 3. The minimum Gasteiger partial charge on any atom is -0.496 e. The molecule has 0 spiro atoms. The van der Waals surface area contributed by atoms with Gasteiger partial charge in [0.05, 0.1) is 12.7 Å². The zero-order valence-electron chi connectivity index (χ0n) is 14.1. The number of ether oxygens (including phenoxy) is 1. The van der Waals surface area contributed by atoms with Crippen LogP contribution < -0.4 is 15.4 Å². The van der Waals surface area contributed by atoms with E-state index in [0.29, 0.717) is 29.8 Å². The van der Waals surface area contributed by atoms with Crippen LogP contribution in [0.2, 0.25) is 0 Å². The standard InChI is InChI=1S/C19H19FN2O3/c1-21-18(23)14-4-3-11(8-16(14)20)7-13-9-15-12(10-17(13)25-2)5-6-22-19(15)24/h3-4,8-10H,5-7H2,1-2H3,(H,21,23)(H,22,24). The highest BCUT2D eigenvalue weighted by Crippen LogP contribution is 2.28. The molecule has 0 fully saturated rings. The Morgan fingerprint density at radius 2 is 2.12 bits per heavy atom. The van der Waals surface area contributed by atoms with Crippen LogP contribution in [-0.4, -0.2) is 32.5 Å². The second-order valence-corrected chi connectivity index (χ2v) is 5.90. The van der Waals surface area contributed by atoms with E-state index in [1.807, 2.05) is 6.07 Å². The number of benzene rings is 2. The molecule has 0 saturated heterocycles. The van der Waals surface area contributed by atoms with E-state index in [1.165, 1.54) is 19.2 Å². The number of fused-ring (bicyclic) bond motifs is 1. The Balaban J connectivity index is 1.95. The van der Waals surface area contributed by atoms with Crippen molar-refractivity contribution in [1.82, 2.24) is 10.6 Å². The van der Waals surface area contributed by atoms with Gasteiger partial charge in [-0.1, -0.05) is 6.07 Å². The Morgan fingerprint density at radius 3 is 2.80 bits per heavy atom. The van der Waals surface area contributed by atoms with Gasteiger partial charge in [-0.25, -0.2) is 4.39 Å². The first-order valence-electron chi connectivity index (χ1n) is 8.02. The molecule has 5 nitrogen and oxygen atoms in total. The van der Waals surface area contributed by atoms with E-state index < -0.39 is 11.7 Å². The summed E-state index contributed by atoms with van der Waals surface area (Å²) in [6.45, 7) is 0.612. The SMILES string of the molecule is CNC(=O)c1ccc(Cc2cc3c(cc2OC)CCNC3=O)cc1F. The molecule has 0 unspecified atom stereocenters. The van der Waals surface area contributed by atoms with Crippen molar-refractivity contribution in [3.63, 3.8) is 0 Å². The minimum atomic E-state index is -0.577. The second-order valence-electron chi connectivity index (χ2n) is 5.90. The highest BCUT2D eigenvalue weighted by atomic mass is 19.1. The zero-order valence-corrected chi connectivity index (χ0v) is 14.1. The summed E-state index contributed by atoms with van der Waals surface area (Å²) in [5, 5.41) is 5.22. The van der Waals surface area contributed by atoms with E-state index in [0.717, 1.165) is 17.5 Å². The van der Waals surface area contributed by atoms with Gasteiger partial charge in [0.15, 0.2) is 0 Å². The highest BCUT2D eigenvalue weighted by molar-refractivity contribution is 5.97. The van der Waals surface area contributed by atoms with Gasteiger partial charge in [-0.15, -0.1) is 0 Å². The van der Waals surface area contributed by atoms with Crippen molar-refractivity contribution in [2.45, 2.75) is 12.8 Å². The molecule has 25 heavy (non-hydrogen) atoms. The van der Waals surface area contributed by atoms with Crippen LogP contribution in [0.15, 0.2) is 30.3 Å². The molecule has 2 aromatic rings. The quantitative estimate of drug-likeness (QED) is 0.894. The molecular formula is C19H19FN2O3. The molecule has 1 aliphatic rings. The van der Waals surface area contributed by atoms with E-state index in [2.05, 4.69) is 10.6 Å². The van der Waals surface area contributed by atoms with Crippen molar-refractivity contribution < 1.29 is 18.7 Å². The van der Waals surface area contributed by atoms with Gasteiger partial charge in [-0.05, 0) is 47.4 Å². The molecule has 3 rings (SSSR count). The van der Waals surface area contributed by atoms with Crippen LogP contribution in [0.4, 0.5) is 4.39 Å². The van der Waals surface area contributed by atoms with Crippen molar-refractivity contribution in [2.75, 3.05) is 20.7 Å². The van der Waals surface area contributed by atoms with Gasteiger partial charge < -0.3 is 15.4 Å². The van der Waals surface area contributed by atoms with Crippen LogP contribution in [0.3, 0.4) is 0 Å². The lowest BCUT2D eigenvalue weighted by atomic mass is 9.94. The predicted octanol–water partition coefficient (Wildman–Crippen LogP) is 2.07. The summed E-state index contributed by atoms with van der Waals surface area (Å²) in [5.74, 6) is -0.478. The summed E-state index contributed by atoms with van der Waals surface area (Å²) < 4.78 is 19.6. The van der Waals surface area contributed by atoms with Crippen molar-refractivity contribution >= 4 is 11.8 Å². The summed E-state index contributed by atoms with van der Waals surface area (Å²) in [7, 11) is 3.03. The summed E-state index contributed by atoms with van der Waals surface area (Å²) in [4.78, 5) is 23.6. The van der Waals surface area contributed by atoms with E-state index >= 15 is 0 Å². The smallest absolute Gasteiger partial charge is 0.253 e. The Hall–Kier alpha value is -2.89. The number of carbonyl (C=O) groups is 2. The summed E-state index contributed by atoms with van der Waals surface area (Å²) >= 11 is 0. The maximum absolute atomic E-state index is 14.2. The average molecular weight is 342 g/mol. The second kappa shape index (κ2) is 6.93. The molecule has 2 amide bonds. The molecule has 130 valence electrons. The fourth-order valence-corrected chi connectivity index (χ4v) is 3.03. The molecule has 6 heteroatoms. The monoisotopic (exact) mass is 342 g/mol. The molecule has 0 saturated carbocycles. The molecule has 0 aliphatic carbocycles. The lowest BCUT2D eigenvalue weighted by Crippen LogP contribution is -2.32. The molecule has 1 aliphatic heterocycles. The molecule has 0 bridgehead atoms. The largest absolute Gasteiger partial charge is 0.496 e. The van der Waals surface area contributed by atoms with Crippen molar-refractivity contribution in [3.8, 4) is 5.75 Å². The number of amides is 2. The van der Waals surface area contributed by atoms with Crippen LogP contribution in [0.5, 0.6) is 5.75 Å². The molecular weight excluding hydrogens is 323 g/mol. The van der Waals surface area contributed by atoms with Crippen molar-refractivity contribution in [2.24, 2.45) is 0 Å². The van der Waals surface area contributed by atoms with E-state index in [9.17, 15) is 14.0 Å². The molecule has 1 heterocycles. The first-order chi connectivity index (χ1) is 12.0. The predicted molar refractivity (Wildman–Crippen MR) is 91.6 cm³/mol. The lowest BCUT2D eigenvalue weighted by Gasteiger charge is -2.19. The number of rotatable bonds is 4. The first-order valence-corrected chi connectivity index (χ1v) is 8.02. The maximum Gasteiger partial charge on any atom is 0.253 e. The Bertz CT molecular complexity index is 849. The number of methoxy groups -OCH3 is 1. The number of halogens is 1. The van der Waals surface area contributed by atoms with Crippen molar-refractivity contribution in [3.05, 3.63) is 64.0 Å². The first kappa shape index (κ1) is 17.0. The van der Waals surface area contributed by atoms with Crippen LogP contribution in [-0.2, 0) is 12.8 Å². The number of carbonyl (C=O) groups excluding carboxylic acids is 2. The third kappa shape index (κ3) is 3.33. The van der Waals surface area contributed by atoms with E-state index in [1.54, 1.807) is 19.2 Å². The fraction of sp³-hybridized carbons (Fsp3) is 0.263. The van der Waals surface area contributed by atoms with Gasteiger partial charge in [0.1, 0.15) is 11.6 Å². The van der Waals surface area contributed by atoms with Gasteiger partial charge >= 0.3 is 0 Å². The number of nitrogens with one attached hydrogen (secondary N) is 2. The van der Waals surface area contributed by atoms with Gasteiger partial charge in [0, 0.05) is 25.6 Å². The minimum absolute atomic E-state index is 0.00281. The van der Waals surface area contributed by atoms with Crippen LogP contribution in [0.25, 0.3) is 0 Å². The Kier molecular flexibility index (Phi) is 4.70. The average Bonchev–Trinajstić information content (AvgIpc) is 2.61. The molecule has 2 N–H and O–H groups in total. The van der Waals surface area contributed by atoms with E-state index in [4.69, 9.17) is 4.74 Å². The summed E-state index contributed by atoms with van der Waals surface area (Å²) in [5.41, 5.74) is 3.07.